The highest BCUT2D eigenvalue weighted by Crippen LogP contribution is 2.34. The molecule has 0 amide bonds. The number of carboxylic acid groups (broad SMARTS) is 1. The van der Waals surface area contributed by atoms with Crippen molar-refractivity contribution in [2.75, 3.05) is 6.61 Å². The quantitative estimate of drug-likeness (QED) is 0.811. The van der Waals surface area contributed by atoms with Gasteiger partial charge in [-0.3, -0.25) is 9.78 Å². The van der Waals surface area contributed by atoms with Crippen molar-refractivity contribution in [1.29, 1.82) is 0 Å². The molecule has 0 saturated carbocycles. The zero-order chi connectivity index (χ0) is 17.9. The van der Waals surface area contributed by atoms with Crippen molar-refractivity contribution in [2.24, 2.45) is 0 Å². The highest BCUT2D eigenvalue weighted by Gasteiger charge is 2.32. The van der Waals surface area contributed by atoms with Crippen molar-refractivity contribution < 1.29 is 37.3 Å². The van der Waals surface area contributed by atoms with E-state index >= 15 is 0 Å². The Morgan fingerprint density at radius 3 is 2.50 bits per heavy atom. The van der Waals surface area contributed by atoms with E-state index in [1.54, 1.807) is 0 Å². The number of hydrogen-bond donors (Lipinski definition) is 2. The number of halogens is 4. The van der Waals surface area contributed by atoms with Crippen molar-refractivity contribution in [3.8, 4) is 22.8 Å². The van der Waals surface area contributed by atoms with Gasteiger partial charge >= 0.3 is 12.1 Å². The fourth-order valence-electron chi connectivity index (χ4n) is 1.84. The molecular formula is C15H11F4NO4. The van der Waals surface area contributed by atoms with Gasteiger partial charge in [0.25, 0.3) is 0 Å². The zero-order valence-corrected chi connectivity index (χ0v) is 12.0. The summed E-state index contributed by atoms with van der Waals surface area (Å²) in [6, 6.07) is 3.91. The molecule has 0 bridgehead atoms. The van der Waals surface area contributed by atoms with Crippen LogP contribution in [0.15, 0.2) is 30.5 Å². The maximum Gasteiger partial charge on any atom is 0.417 e. The highest BCUT2D eigenvalue weighted by molar-refractivity contribution is 5.67. The Bertz CT molecular complexity index is 762. The van der Waals surface area contributed by atoms with Gasteiger partial charge in [0.15, 0.2) is 11.5 Å². The molecule has 0 spiro atoms. The second-order valence-corrected chi connectivity index (χ2v) is 4.73. The molecule has 9 heteroatoms. The first-order valence-electron chi connectivity index (χ1n) is 6.59. The topological polar surface area (TPSA) is 79.7 Å². The number of carbonyl (C=O) groups is 1. The summed E-state index contributed by atoms with van der Waals surface area (Å²) in [5.74, 6) is -2.72. The molecule has 0 aliphatic heterocycles. The van der Waals surface area contributed by atoms with Crippen LogP contribution in [0.25, 0.3) is 11.3 Å². The van der Waals surface area contributed by atoms with Crippen LogP contribution in [-0.4, -0.2) is 27.8 Å². The number of alkyl halides is 3. The van der Waals surface area contributed by atoms with Crippen LogP contribution in [0.5, 0.6) is 11.5 Å². The number of ether oxygens (including phenoxy) is 1. The molecule has 2 rings (SSSR count). The number of aromatic nitrogens is 1. The Balaban J connectivity index is 2.24. The molecule has 1 aromatic carbocycles. The summed E-state index contributed by atoms with van der Waals surface area (Å²) in [7, 11) is 0. The van der Waals surface area contributed by atoms with Gasteiger partial charge in [0.05, 0.1) is 18.6 Å². The third kappa shape index (κ3) is 4.12. The monoisotopic (exact) mass is 345 g/mol. The predicted molar refractivity (Wildman–Crippen MR) is 74.0 cm³/mol. The average Bonchev–Trinajstić information content (AvgIpc) is 2.47. The van der Waals surface area contributed by atoms with Gasteiger partial charge in [0, 0.05) is 11.8 Å². The highest BCUT2D eigenvalue weighted by atomic mass is 19.4. The molecule has 0 aliphatic carbocycles. The van der Waals surface area contributed by atoms with Crippen LogP contribution in [0.1, 0.15) is 12.0 Å². The Morgan fingerprint density at radius 1 is 1.25 bits per heavy atom. The number of benzene rings is 1. The summed E-state index contributed by atoms with van der Waals surface area (Å²) < 4.78 is 56.4. The lowest BCUT2D eigenvalue weighted by Crippen LogP contribution is -2.07. The van der Waals surface area contributed by atoms with Crippen molar-refractivity contribution in [3.63, 3.8) is 0 Å². The summed E-state index contributed by atoms with van der Waals surface area (Å²) in [6.45, 7) is -0.185. The second kappa shape index (κ2) is 6.73. The number of aliphatic carboxylic acids is 1. The molecule has 5 nitrogen and oxygen atoms in total. The number of carboxylic acids is 1. The van der Waals surface area contributed by atoms with E-state index in [9.17, 15) is 27.5 Å². The van der Waals surface area contributed by atoms with Gasteiger partial charge in [-0.05, 0) is 24.3 Å². The largest absolute Gasteiger partial charge is 0.504 e. The van der Waals surface area contributed by atoms with Gasteiger partial charge < -0.3 is 14.9 Å². The summed E-state index contributed by atoms with van der Waals surface area (Å²) in [6.07, 6.45) is -4.50. The average molecular weight is 345 g/mol. The van der Waals surface area contributed by atoms with E-state index in [-0.39, 0.29) is 30.0 Å². The van der Waals surface area contributed by atoms with Crippen LogP contribution in [0, 0.1) is 5.82 Å². The van der Waals surface area contributed by atoms with E-state index in [1.165, 1.54) is 12.1 Å². The Labute approximate surface area is 133 Å². The third-order valence-corrected chi connectivity index (χ3v) is 2.97. The number of pyridine rings is 1. The fourth-order valence-corrected chi connectivity index (χ4v) is 1.84. The number of rotatable bonds is 5. The van der Waals surface area contributed by atoms with Crippen molar-refractivity contribution >= 4 is 5.97 Å². The first-order chi connectivity index (χ1) is 11.2. The molecule has 0 radical (unpaired) electrons. The van der Waals surface area contributed by atoms with Gasteiger partial charge in [-0.25, -0.2) is 4.39 Å². The lowest BCUT2D eigenvalue weighted by molar-refractivity contribution is -0.138. The summed E-state index contributed by atoms with van der Waals surface area (Å²) in [5, 5.41) is 18.3. The SMILES string of the molecule is O=C(O)CCOc1ccc(-c2ncc(C(F)(F)F)cc2F)cc1O. The second-order valence-electron chi connectivity index (χ2n) is 4.73. The molecule has 0 atom stereocenters. The Morgan fingerprint density at radius 2 is 1.96 bits per heavy atom. The van der Waals surface area contributed by atoms with Gasteiger partial charge in [-0.2, -0.15) is 13.2 Å². The summed E-state index contributed by atoms with van der Waals surface area (Å²) >= 11 is 0. The number of aromatic hydroxyl groups is 1. The smallest absolute Gasteiger partial charge is 0.417 e. The fraction of sp³-hybridized carbons (Fsp3) is 0.200. The number of hydrogen-bond acceptors (Lipinski definition) is 4. The third-order valence-electron chi connectivity index (χ3n) is 2.97. The predicted octanol–water partition coefficient (Wildman–Crippen LogP) is 3.47. The molecule has 128 valence electrons. The van der Waals surface area contributed by atoms with Crippen LogP contribution in [0.4, 0.5) is 17.6 Å². The normalized spacial score (nSPS) is 11.3. The first-order valence-corrected chi connectivity index (χ1v) is 6.59. The van der Waals surface area contributed by atoms with Crippen LogP contribution in [0.2, 0.25) is 0 Å². The minimum absolute atomic E-state index is 0.0349. The number of phenolic OH excluding ortho intramolecular Hbond substituents is 1. The van der Waals surface area contributed by atoms with Crippen molar-refractivity contribution in [1.82, 2.24) is 4.98 Å². The van der Waals surface area contributed by atoms with E-state index in [4.69, 9.17) is 9.84 Å². The molecule has 0 saturated heterocycles. The van der Waals surface area contributed by atoms with Crippen LogP contribution >= 0.6 is 0 Å². The number of phenols is 1. The standard InChI is InChI=1S/C15H11F4NO4/c16-10-6-9(15(17,18)19)7-20-14(10)8-1-2-12(11(21)5-8)24-4-3-13(22)23/h1-2,5-7,21H,3-4H2,(H,22,23). The van der Waals surface area contributed by atoms with Gasteiger partial charge in [-0.15, -0.1) is 0 Å². The van der Waals surface area contributed by atoms with E-state index < -0.39 is 29.3 Å². The molecule has 0 unspecified atom stereocenters. The maximum atomic E-state index is 13.8. The van der Waals surface area contributed by atoms with Crippen LogP contribution in [-0.2, 0) is 11.0 Å². The van der Waals surface area contributed by atoms with Gasteiger partial charge in [0.2, 0.25) is 0 Å². The van der Waals surface area contributed by atoms with E-state index in [0.717, 1.165) is 6.07 Å². The minimum Gasteiger partial charge on any atom is -0.504 e. The van der Waals surface area contributed by atoms with E-state index in [2.05, 4.69) is 4.98 Å². The molecule has 2 aromatic rings. The van der Waals surface area contributed by atoms with Crippen LogP contribution in [0.3, 0.4) is 0 Å². The lowest BCUT2D eigenvalue weighted by Gasteiger charge is -2.10. The number of nitrogens with zero attached hydrogens (tertiary/aromatic N) is 1. The van der Waals surface area contributed by atoms with Crippen molar-refractivity contribution in [2.45, 2.75) is 12.6 Å². The molecule has 1 heterocycles. The Hall–Kier alpha value is -2.84. The lowest BCUT2D eigenvalue weighted by atomic mass is 10.1. The molecule has 0 fully saturated rings. The maximum absolute atomic E-state index is 13.8. The van der Waals surface area contributed by atoms with Crippen molar-refractivity contribution in [3.05, 3.63) is 41.8 Å². The summed E-state index contributed by atoms with van der Waals surface area (Å²) in [4.78, 5) is 13.8. The minimum atomic E-state index is -4.71. The van der Waals surface area contributed by atoms with Crippen LogP contribution < -0.4 is 4.74 Å². The van der Waals surface area contributed by atoms with Gasteiger partial charge in [-0.1, -0.05) is 0 Å². The molecule has 0 aliphatic rings. The Kier molecular flexibility index (Phi) is 4.91. The molecular weight excluding hydrogens is 334 g/mol. The molecule has 1 aromatic heterocycles. The molecule has 2 N–H and O–H groups in total. The van der Waals surface area contributed by atoms with E-state index in [0.29, 0.717) is 12.3 Å². The van der Waals surface area contributed by atoms with E-state index in [1.807, 2.05) is 0 Å². The summed E-state index contributed by atoms with van der Waals surface area (Å²) in [5.41, 5.74) is -1.54. The van der Waals surface area contributed by atoms with Gasteiger partial charge in [0.1, 0.15) is 11.5 Å². The first kappa shape index (κ1) is 17.5. The zero-order valence-electron chi connectivity index (χ0n) is 12.0. The molecule has 24 heavy (non-hydrogen) atoms.